The first-order valence-corrected chi connectivity index (χ1v) is 6.55. The minimum absolute atomic E-state index is 0.0118. The zero-order chi connectivity index (χ0) is 13.7. The summed E-state index contributed by atoms with van der Waals surface area (Å²) >= 11 is 0. The van der Waals surface area contributed by atoms with Crippen LogP contribution in [0.1, 0.15) is 11.5 Å². The molecular weight excluding hydrogens is 244 g/mol. The Hall–Kier alpha value is -1.59. The van der Waals surface area contributed by atoms with E-state index in [2.05, 4.69) is 4.90 Å². The fraction of sp³-hybridized carbons (Fsp3) is 0.500. The van der Waals surface area contributed by atoms with Crippen LogP contribution in [-0.2, 0) is 4.79 Å². The van der Waals surface area contributed by atoms with E-state index < -0.39 is 0 Å². The minimum Gasteiger partial charge on any atom is -0.462 e. The number of aliphatic hydroxyl groups is 1. The second-order valence-electron chi connectivity index (χ2n) is 4.67. The van der Waals surface area contributed by atoms with Crippen molar-refractivity contribution in [3.05, 3.63) is 29.7 Å². The maximum atomic E-state index is 12.0. The van der Waals surface area contributed by atoms with Crippen LogP contribution in [0.4, 0.5) is 0 Å². The molecule has 0 unspecified atom stereocenters. The number of hydrogen-bond acceptors (Lipinski definition) is 4. The normalized spacial score (nSPS) is 17.3. The average Bonchev–Trinajstić information content (AvgIpc) is 2.83. The molecule has 2 heterocycles. The van der Waals surface area contributed by atoms with Gasteiger partial charge in [0.2, 0.25) is 5.91 Å². The number of furan rings is 1. The number of hydrogen-bond donors (Lipinski definition) is 1. The number of β-amino-alcohol motifs (C(OH)–C–C–N with tert-alkyl or cyclic N) is 1. The van der Waals surface area contributed by atoms with Gasteiger partial charge in [-0.25, -0.2) is 0 Å². The van der Waals surface area contributed by atoms with Crippen LogP contribution in [0.2, 0.25) is 0 Å². The number of carbonyl (C=O) groups is 1. The monoisotopic (exact) mass is 264 g/mol. The highest BCUT2D eigenvalue weighted by molar-refractivity contribution is 5.91. The van der Waals surface area contributed by atoms with Gasteiger partial charge in [-0.05, 0) is 25.1 Å². The molecule has 1 aromatic rings. The Kier molecular flexibility index (Phi) is 4.76. The first kappa shape index (κ1) is 13.8. The van der Waals surface area contributed by atoms with Gasteiger partial charge in [0.1, 0.15) is 11.5 Å². The van der Waals surface area contributed by atoms with Crippen LogP contribution in [0.3, 0.4) is 0 Å². The van der Waals surface area contributed by atoms with Crippen LogP contribution in [0.25, 0.3) is 6.08 Å². The molecular formula is C14H20N2O3. The second-order valence-corrected chi connectivity index (χ2v) is 4.67. The molecule has 0 radical (unpaired) electrons. The molecule has 1 N–H and O–H groups in total. The van der Waals surface area contributed by atoms with E-state index in [0.29, 0.717) is 25.4 Å². The Labute approximate surface area is 113 Å². The number of amides is 1. The van der Waals surface area contributed by atoms with Crippen LogP contribution in [-0.4, -0.2) is 60.1 Å². The van der Waals surface area contributed by atoms with E-state index in [1.165, 1.54) is 0 Å². The van der Waals surface area contributed by atoms with E-state index in [9.17, 15) is 4.79 Å². The van der Waals surface area contributed by atoms with Gasteiger partial charge in [-0.2, -0.15) is 0 Å². The van der Waals surface area contributed by atoms with E-state index in [1.54, 1.807) is 12.2 Å². The van der Waals surface area contributed by atoms with E-state index >= 15 is 0 Å². The fourth-order valence-electron chi connectivity index (χ4n) is 2.14. The Bertz CT molecular complexity index is 445. The molecule has 19 heavy (non-hydrogen) atoms. The summed E-state index contributed by atoms with van der Waals surface area (Å²) in [5.74, 6) is 1.55. The molecule has 0 atom stereocenters. The van der Waals surface area contributed by atoms with Crippen molar-refractivity contribution in [1.82, 2.24) is 9.80 Å². The molecule has 0 spiro atoms. The van der Waals surface area contributed by atoms with Crippen molar-refractivity contribution in [3.8, 4) is 0 Å². The summed E-state index contributed by atoms with van der Waals surface area (Å²) in [5, 5.41) is 8.86. The first-order chi connectivity index (χ1) is 9.19. The van der Waals surface area contributed by atoms with Gasteiger partial charge < -0.3 is 14.4 Å². The Morgan fingerprint density at radius 3 is 2.68 bits per heavy atom. The van der Waals surface area contributed by atoms with Crippen molar-refractivity contribution < 1.29 is 14.3 Å². The van der Waals surface area contributed by atoms with Crippen LogP contribution in [0.15, 0.2) is 22.6 Å². The van der Waals surface area contributed by atoms with Crippen LogP contribution in [0.5, 0.6) is 0 Å². The first-order valence-electron chi connectivity index (χ1n) is 6.55. The van der Waals surface area contributed by atoms with Crippen molar-refractivity contribution in [3.63, 3.8) is 0 Å². The summed E-state index contributed by atoms with van der Waals surface area (Å²) in [4.78, 5) is 15.9. The molecule has 1 aliphatic heterocycles. The summed E-state index contributed by atoms with van der Waals surface area (Å²) in [6, 6.07) is 3.72. The highest BCUT2D eigenvalue weighted by Gasteiger charge is 2.18. The molecule has 104 valence electrons. The van der Waals surface area contributed by atoms with Crippen molar-refractivity contribution in [1.29, 1.82) is 0 Å². The SMILES string of the molecule is Cc1ccc(/C=C/C(=O)N2CCN(CCO)CC2)o1. The number of aliphatic hydroxyl groups excluding tert-OH is 1. The Morgan fingerprint density at radius 2 is 2.11 bits per heavy atom. The van der Waals surface area contributed by atoms with Crippen molar-refractivity contribution in [2.75, 3.05) is 39.3 Å². The molecule has 0 aromatic carbocycles. The lowest BCUT2D eigenvalue weighted by Crippen LogP contribution is -2.48. The van der Waals surface area contributed by atoms with Gasteiger partial charge in [0.15, 0.2) is 0 Å². The minimum atomic E-state index is 0.0118. The second kappa shape index (κ2) is 6.54. The molecule has 0 saturated carbocycles. The Balaban J connectivity index is 1.83. The topological polar surface area (TPSA) is 56.9 Å². The number of rotatable bonds is 4. The van der Waals surface area contributed by atoms with E-state index in [-0.39, 0.29) is 12.5 Å². The standard InChI is InChI=1S/C14H20N2O3/c1-12-2-3-13(19-12)4-5-14(18)16-8-6-15(7-9-16)10-11-17/h2-5,17H,6-11H2,1H3/b5-4+. The van der Waals surface area contributed by atoms with Crippen molar-refractivity contribution >= 4 is 12.0 Å². The highest BCUT2D eigenvalue weighted by atomic mass is 16.3. The van der Waals surface area contributed by atoms with E-state index in [1.807, 2.05) is 24.0 Å². The smallest absolute Gasteiger partial charge is 0.246 e. The van der Waals surface area contributed by atoms with Gasteiger partial charge in [-0.15, -0.1) is 0 Å². The fourth-order valence-corrected chi connectivity index (χ4v) is 2.14. The quantitative estimate of drug-likeness (QED) is 0.815. The predicted molar refractivity (Wildman–Crippen MR) is 72.6 cm³/mol. The van der Waals surface area contributed by atoms with E-state index in [0.717, 1.165) is 18.8 Å². The molecule has 5 nitrogen and oxygen atoms in total. The maximum Gasteiger partial charge on any atom is 0.246 e. The van der Waals surface area contributed by atoms with Crippen LogP contribution < -0.4 is 0 Å². The lowest BCUT2D eigenvalue weighted by Gasteiger charge is -2.33. The molecule has 1 aromatic heterocycles. The summed E-state index contributed by atoms with van der Waals surface area (Å²) in [6.45, 7) is 5.79. The summed E-state index contributed by atoms with van der Waals surface area (Å²) in [6.07, 6.45) is 3.26. The molecule has 1 fully saturated rings. The molecule has 5 heteroatoms. The predicted octanol–water partition coefficient (Wildman–Crippen LogP) is 0.738. The lowest BCUT2D eigenvalue weighted by molar-refractivity contribution is -0.127. The van der Waals surface area contributed by atoms with Gasteiger partial charge in [0.05, 0.1) is 6.61 Å². The summed E-state index contributed by atoms with van der Waals surface area (Å²) in [7, 11) is 0. The number of piperazine rings is 1. The van der Waals surface area contributed by atoms with E-state index in [4.69, 9.17) is 9.52 Å². The lowest BCUT2D eigenvalue weighted by atomic mass is 10.3. The van der Waals surface area contributed by atoms with Gasteiger partial charge in [-0.1, -0.05) is 0 Å². The molecule has 0 bridgehead atoms. The molecule has 1 amide bonds. The van der Waals surface area contributed by atoms with Crippen LogP contribution in [0, 0.1) is 6.92 Å². The van der Waals surface area contributed by atoms with Crippen molar-refractivity contribution in [2.45, 2.75) is 6.92 Å². The number of carbonyl (C=O) groups excluding carboxylic acids is 1. The third-order valence-corrected chi connectivity index (χ3v) is 3.25. The average molecular weight is 264 g/mol. The molecule has 1 aliphatic rings. The van der Waals surface area contributed by atoms with Gasteiger partial charge in [0.25, 0.3) is 0 Å². The maximum absolute atomic E-state index is 12.0. The van der Waals surface area contributed by atoms with Gasteiger partial charge >= 0.3 is 0 Å². The zero-order valence-corrected chi connectivity index (χ0v) is 11.2. The molecule has 2 rings (SSSR count). The van der Waals surface area contributed by atoms with Gasteiger partial charge in [0, 0.05) is 38.8 Å². The number of nitrogens with zero attached hydrogens (tertiary/aromatic N) is 2. The van der Waals surface area contributed by atoms with Crippen LogP contribution >= 0.6 is 0 Å². The number of aryl methyl sites for hydroxylation is 1. The third-order valence-electron chi connectivity index (χ3n) is 3.25. The largest absolute Gasteiger partial charge is 0.462 e. The van der Waals surface area contributed by atoms with Crippen molar-refractivity contribution in [2.24, 2.45) is 0 Å². The van der Waals surface area contributed by atoms with Gasteiger partial charge in [-0.3, -0.25) is 9.69 Å². The summed E-state index contributed by atoms with van der Waals surface area (Å²) in [5.41, 5.74) is 0. The molecule has 0 aliphatic carbocycles. The highest BCUT2D eigenvalue weighted by Crippen LogP contribution is 2.09. The summed E-state index contributed by atoms with van der Waals surface area (Å²) < 4.78 is 5.38. The Morgan fingerprint density at radius 1 is 1.37 bits per heavy atom. The third kappa shape index (κ3) is 3.94. The molecule has 1 saturated heterocycles. The zero-order valence-electron chi connectivity index (χ0n) is 11.2.